The highest BCUT2D eigenvalue weighted by atomic mass is 32.2. The van der Waals surface area contributed by atoms with E-state index in [1.165, 1.54) is 0 Å². The second-order valence-corrected chi connectivity index (χ2v) is 5.25. The number of aryl methyl sites for hydroxylation is 1. The lowest BCUT2D eigenvalue weighted by Gasteiger charge is -2.14. The van der Waals surface area contributed by atoms with Gasteiger partial charge in [0, 0.05) is 6.61 Å². The fourth-order valence-corrected chi connectivity index (χ4v) is 2.42. The largest absolute Gasteiger partial charge is 0.363 e. The van der Waals surface area contributed by atoms with Gasteiger partial charge in [-0.2, -0.15) is 4.72 Å². The molecule has 0 amide bonds. The van der Waals surface area contributed by atoms with Gasteiger partial charge in [0.2, 0.25) is 10.0 Å². The first-order chi connectivity index (χ1) is 7.45. The van der Waals surface area contributed by atoms with E-state index in [-0.39, 0.29) is 4.90 Å². The number of benzene rings is 1. The van der Waals surface area contributed by atoms with Crippen molar-refractivity contribution in [3.8, 4) is 0 Å². The van der Waals surface area contributed by atoms with Crippen molar-refractivity contribution in [1.82, 2.24) is 4.72 Å². The Balaban J connectivity index is 2.82. The van der Waals surface area contributed by atoms with E-state index in [9.17, 15) is 8.42 Å². The summed E-state index contributed by atoms with van der Waals surface area (Å²) in [5.41, 5.74) is 1.02. The zero-order valence-corrected chi connectivity index (χ0v) is 10.5. The molecule has 0 aliphatic rings. The van der Waals surface area contributed by atoms with Crippen molar-refractivity contribution >= 4 is 10.0 Å². The first-order valence-electron chi connectivity index (χ1n) is 5.16. The third kappa shape index (κ3) is 3.59. The molecule has 0 aromatic heterocycles. The van der Waals surface area contributed by atoms with Gasteiger partial charge < -0.3 is 4.74 Å². The molecule has 0 fully saturated rings. The minimum atomic E-state index is -3.47. The quantitative estimate of drug-likeness (QED) is 0.800. The van der Waals surface area contributed by atoms with Crippen LogP contribution in [0.1, 0.15) is 19.4 Å². The molecule has 1 rings (SSSR count). The van der Waals surface area contributed by atoms with E-state index in [0.717, 1.165) is 5.56 Å². The number of nitrogens with one attached hydrogen (secondary N) is 1. The zero-order valence-electron chi connectivity index (χ0n) is 9.73. The van der Waals surface area contributed by atoms with Crippen LogP contribution in [0.25, 0.3) is 0 Å². The topological polar surface area (TPSA) is 55.4 Å². The highest BCUT2D eigenvalue weighted by Crippen LogP contribution is 2.10. The number of sulfonamides is 1. The van der Waals surface area contributed by atoms with Gasteiger partial charge in [-0.05, 0) is 32.9 Å². The smallest absolute Gasteiger partial charge is 0.242 e. The van der Waals surface area contributed by atoms with Gasteiger partial charge in [-0.25, -0.2) is 8.42 Å². The van der Waals surface area contributed by atoms with E-state index in [1.54, 1.807) is 31.2 Å². The molecule has 0 saturated heterocycles. The lowest BCUT2D eigenvalue weighted by atomic mass is 10.2. The molecule has 1 aromatic rings. The maximum absolute atomic E-state index is 11.8. The molecule has 1 atom stereocenters. The van der Waals surface area contributed by atoms with Crippen LogP contribution in [0.2, 0.25) is 0 Å². The molecule has 16 heavy (non-hydrogen) atoms. The van der Waals surface area contributed by atoms with E-state index in [4.69, 9.17) is 4.74 Å². The van der Waals surface area contributed by atoms with Gasteiger partial charge in [0.25, 0.3) is 0 Å². The fourth-order valence-electron chi connectivity index (χ4n) is 1.29. The van der Waals surface area contributed by atoms with Crippen molar-refractivity contribution in [2.45, 2.75) is 31.9 Å². The highest BCUT2D eigenvalue weighted by Gasteiger charge is 2.16. The summed E-state index contributed by atoms with van der Waals surface area (Å²) in [5.74, 6) is 0. The minimum Gasteiger partial charge on any atom is -0.363 e. The van der Waals surface area contributed by atoms with Crippen LogP contribution >= 0.6 is 0 Å². The van der Waals surface area contributed by atoms with E-state index in [0.29, 0.717) is 6.61 Å². The van der Waals surface area contributed by atoms with Gasteiger partial charge in [-0.3, -0.25) is 0 Å². The average Bonchev–Trinajstić information content (AvgIpc) is 2.17. The Bertz CT molecular complexity index is 425. The molecule has 1 N–H and O–H groups in total. The van der Waals surface area contributed by atoms with Gasteiger partial charge in [0.1, 0.15) is 6.23 Å². The van der Waals surface area contributed by atoms with E-state index in [1.807, 2.05) is 13.8 Å². The van der Waals surface area contributed by atoms with Gasteiger partial charge in [-0.15, -0.1) is 0 Å². The van der Waals surface area contributed by atoms with E-state index < -0.39 is 16.3 Å². The molecular formula is C11H17NO3S. The summed E-state index contributed by atoms with van der Waals surface area (Å²) in [6, 6.07) is 6.69. The van der Waals surface area contributed by atoms with Crippen molar-refractivity contribution in [3.63, 3.8) is 0 Å². The lowest BCUT2D eigenvalue weighted by Crippen LogP contribution is -2.34. The molecule has 1 unspecified atom stereocenters. The molecular weight excluding hydrogens is 226 g/mol. The van der Waals surface area contributed by atoms with Crippen molar-refractivity contribution in [2.24, 2.45) is 0 Å². The number of ether oxygens (including phenoxy) is 1. The SMILES string of the molecule is CCOC(C)NS(=O)(=O)c1ccc(C)cc1. The summed E-state index contributed by atoms with van der Waals surface area (Å²) in [4.78, 5) is 0.254. The first kappa shape index (κ1) is 13.2. The Morgan fingerprint density at radius 1 is 1.31 bits per heavy atom. The normalized spacial score (nSPS) is 13.7. The van der Waals surface area contributed by atoms with Gasteiger partial charge in [0.15, 0.2) is 0 Å². The average molecular weight is 243 g/mol. The maximum Gasteiger partial charge on any atom is 0.242 e. The van der Waals surface area contributed by atoms with Crippen LogP contribution in [0.4, 0.5) is 0 Å². The Labute approximate surface area is 96.7 Å². The molecule has 5 heteroatoms. The summed E-state index contributed by atoms with van der Waals surface area (Å²) in [6.45, 7) is 5.86. The van der Waals surface area contributed by atoms with Crippen molar-refractivity contribution in [1.29, 1.82) is 0 Å². The third-order valence-electron chi connectivity index (χ3n) is 2.07. The molecule has 0 radical (unpaired) electrons. The Kier molecular flexibility index (Phi) is 4.46. The van der Waals surface area contributed by atoms with Gasteiger partial charge in [-0.1, -0.05) is 17.7 Å². The number of rotatable bonds is 5. The summed E-state index contributed by atoms with van der Waals surface area (Å²) in [5, 5.41) is 0. The number of hydrogen-bond acceptors (Lipinski definition) is 3. The van der Waals surface area contributed by atoms with E-state index >= 15 is 0 Å². The van der Waals surface area contributed by atoms with Crippen molar-refractivity contribution < 1.29 is 13.2 Å². The van der Waals surface area contributed by atoms with Crippen LogP contribution in [0.3, 0.4) is 0 Å². The van der Waals surface area contributed by atoms with Crippen LogP contribution in [0.15, 0.2) is 29.2 Å². The second-order valence-electron chi connectivity index (χ2n) is 3.53. The zero-order chi connectivity index (χ0) is 12.2. The molecule has 0 heterocycles. The monoisotopic (exact) mass is 243 g/mol. The highest BCUT2D eigenvalue weighted by molar-refractivity contribution is 7.89. The maximum atomic E-state index is 11.8. The molecule has 1 aromatic carbocycles. The molecule has 0 aliphatic heterocycles. The fraction of sp³-hybridized carbons (Fsp3) is 0.455. The molecule has 0 saturated carbocycles. The molecule has 90 valence electrons. The van der Waals surface area contributed by atoms with E-state index in [2.05, 4.69) is 4.72 Å². The molecule has 0 bridgehead atoms. The standard InChI is InChI=1S/C11H17NO3S/c1-4-15-10(3)12-16(13,14)11-7-5-9(2)6-8-11/h5-8,10,12H,4H2,1-3H3. The predicted molar refractivity (Wildman–Crippen MR) is 62.6 cm³/mol. The summed E-state index contributed by atoms with van der Waals surface area (Å²) in [6.07, 6.45) is -0.517. The van der Waals surface area contributed by atoms with Crippen LogP contribution in [0.5, 0.6) is 0 Å². The van der Waals surface area contributed by atoms with Crippen molar-refractivity contribution in [2.75, 3.05) is 6.61 Å². The van der Waals surface area contributed by atoms with Crippen molar-refractivity contribution in [3.05, 3.63) is 29.8 Å². The molecule has 0 aliphatic carbocycles. The Hall–Kier alpha value is -0.910. The second kappa shape index (κ2) is 5.43. The number of hydrogen-bond donors (Lipinski definition) is 1. The predicted octanol–water partition coefficient (Wildman–Crippen LogP) is 1.66. The van der Waals surface area contributed by atoms with Gasteiger partial charge in [0.05, 0.1) is 4.90 Å². The van der Waals surface area contributed by atoms with Crippen LogP contribution in [-0.4, -0.2) is 21.3 Å². The minimum absolute atomic E-state index is 0.254. The summed E-state index contributed by atoms with van der Waals surface area (Å²) >= 11 is 0. The Morgan fingerprint density at radius 2 is 1.88 bits per heavy atom. The molecule has 4 nitrogen and oxygen atoms in total. The van der Waals surface area contributed by atoms with Crippen LogP contribution < -0.4 is 4.72 Å². The third-order valence-corrected chi connectivity index (χ3v) is 3.60. The lowest BCUT2D eigenvalue weighted by molar-refractivity contribution is 0.0689. The van der Waals surface area contributed by atoms with Crippen LogP contribution in [0, 0.1) is 6.92 Å². The first-order valence-corrected chi connectivity index (χ1v) is 6.64. The summed E-state index contributed by atoms with van der Waals surface area (Å²) in [7, 11) is -3.47. The summed E-state index contributed by atoms with van der Waals surface area (Å²) < 4.78 is 31.3. The Morgan fingerprint density at radius 3 is 2.38 bits per heavy atom. The van der Waals surface area contributed by atoms with Gasteiger partial charge >= 0.3 is 0 Å². The molecule has 0 spiro atoms. The van der Waals surface area contributed by atoms with Crippen LogP contribution in [-0.2, 0) is 14.8 Å².